The minimum atomic E-state index is -1.67. The third-order valence-corrected chi connectivity index (χ3v) is 1.73. The highest BCUT2D eigenvalue weighted by Gasteiger charge is 2.13. The number of hydrogen-bond donors (Lipinski definition) is 3. The summed E-state index contributed by atoms with van der Waals surface area (Å²) in [6.07, 6.45) is 0.567. The first kappa shape index (κ1) is 11.4. The van der Waals surface area contributed by atoms with E-state index in [0.29, 0.717) is 12.0 Å². The average molecular weight is 207 g/mol. The molecule has 1 rings (SSSR count). The molecule has 0 aromatic heterocycles. The highest BCUT2D eigenvalue weighted by atomic mass is 16.4. The Balaban J connectivity index is 3.10. The molecule has 0 fully saturated rings. The minimum absolute atomic E-state index is 0.156. The highest BCUT2D eigenvalue weighted by Crippen LogP contribution is 2.07. The van der Waals surface area contributed by atoms with Gasteiger partial charge in [-0.05, 0) is 17.6 Å². The lowest BCUT2D eigenvalue weighted by Gasteiger charge is -2.06. The smallest absolute Gasteiger partial charge is 0.423 e. The SMILES string of the molecule is CC(=O)Nc1cc(C=O)cc(B(O)O)c1. The van der Waals surface area contributed by atoms with Gasteiger partial charge in [0.1, 0.15) is 6.29 Å². The molecule has 0 unspecified atom stereocenters. The van der Waals surface area contributed by atoms with Gasteiger partial charge in [-0.2, -0.15) is 0 Å². The van der Waals surface area contributed by atoms with E-state index in [1.165, 1.54) is 25.1 Å². The van der Waals surface area contributed by atoms with Crippen molar-refractivity contribution in [3.63, 3.8) is 0 Å². The second kappa shape index (κ2) is 4.72. The number of hydrogen-bond acceptors (Lipinski definition) is 4. The summed E-state index contributed by atoms with van der Waals surface area (Å²) in [5.74, 6) is -0.295. The maximum Gasteiger partial charge on any atom is 0.488 e. The average Bonchev–Trinajstić information content (AvgIpc) is 2.16. The van der Waals surface area contributed by atoms with E-state index in [1.807, 2.05) is 0 Å². The van der Waals surface area contributed by atoms with Crippen molar-refractivity contribution in [1.82, 2.24) is 0 Å². The second-order valence-electron chi connectivity index (χ2n) is 3.06. The van der Waals surface area contributed by atoms with E-state index >= 15 is 0 Å². The Labute approximate surface area is 86.9 Å². The molecule has 15 heavy (non-hydrogen) atoms. The summed E-state index contributed by atoms with van der Waals surface area (Å²) >= 11 is 0. The molecule has 0 aliphatic carbocycles. The number of amides is 1. The number of anilines is 1. The molecule has 1 aromatic carbocycles. The Morgan fingerprint density at radius 3 is 2.53 bits per heavy atom. The molecule has 0 saturated heterocycles. The van der Waals surface area contributed by atoms with Gasteiger partial charge >= 0.3 is 7.12 Å². The molecule has 0 aliphatic heterocycles. The summed E-state index contributed by atoms with van der Waals surface area (Å²) in [5, 5.41) is 20.3. The van der Waals surface area contributed by atoms with E-state index in [0.717, 1.165) is 0 Å². The zero-order chi connectivity index (χ0) is 11.4. The maximum absolute atomic E-state index is 10.8. The van der Waals surface area contributed by atoms with Crippen LogP contribution in [0.2, 0.25) is 0 Å². The predicted molar refractivity (Wildman–Crippen MR) is 56.0 cm³/mol. The van der Waals surface area contributed by atoms with Gasteiger partial charge in [0.05, 0.1) is 0 Å². The second-order valence-corrected chi connectivity index (χ2v) is 3.06. The van der Waals surface area contributed by atoms with Crippen LogP contribution in [0.4, 0.5) is 5.69 Å². The van der Waals surface area contributed by atoms with Crippen LogP contribution in [0.3, 0.4) is 0 Å². The predicted octanol–water partition coefficient (Wildman–Crippen LogP) is -0.863. The van der Waals surface area contributed by atoms with Crippen LogP contribution in [0.1, 0.15) is 17.3 Å². The maximum atomic E-state index is 10.8. The Kier molecular flexibility index (Phi) is 3.59. The molecule has 78 valence electrons. The van der Waals surface area contributed by atoms with Crippen molar-refractivity contribution in [3.8, 4) is 0 Å². The quantitative estimate of drug-likeness (QED) is 0.444. The van der Waals surface area contributed by atoms with Gasteiger partial charge in [0, 0.05) is 18.2 Å². The topological polar surface area (TPSA) is 86.6 Å². The van der Waals surface area contributed by atoms with Crippen molar-refractivity contribution in [1.29, 1.82) is 0 Å². The molecule has 1 aromatic rings. The molecular weight excluding hydrogens is 197 g/mol. The van der Waals surface area contributed by atoms with Crippen molar-refractivity contribution < 1.29 is 19.6 Å². The lowest BCUT2D eigenvalue weighted by Crippen LogP contribution is -2.30. The van der Waals surface area contributed by atoms with Crippen LogP contribution < -0.4 is 10.8 Å². The van der Waals surface area contributed by atoms with Gasteiger partial charge in [-0.3, -0.25) is 9.59 Å². The number of nitrogens with one attached hydrogen (secondary N) is 1. The van der Waals surface area contributed by atoms with E-state index in [-0.39, 0.29) is 16.9 Å². The van der Waals surface area contributed by atoms with Crippen LogP contribution in [0, 0.1) is 0 Å². The fourth-order valence-electron chi connectivity index (χ4n) is 1.17. The molecule has 5 nitrogen and oxygen atoms in total. The third kappa shape index (κ3) is 3.19. The van der Waals surface area contributed by atoms with E-state index in [1.54, 1.807) is 0 Å². The van der Waals surface area contributed by atoms with Crippen LogP contribution in [-0.4, -0.2) is 29.4 Å². The highest BCUT2D eigenvalue weighted by molar-refractivity contribution is 6.58. The van der Waals surface area contributed by atoms with Crippen LogP contribution in [0.5, 0.6) is 0 Å². The summed E-state index contributed by atoms with van der Waals surface area (Å²) in [6.45, 7) is 1.32. The van der Waals surface area contributed by atoms with Crippen LogP contribution in [0.15, 0.2) is 18.2 Å². The van der Waals surface area contributed by atoms with Crippen LogP contribution in [-0.2, 0) is 4.79 Å². The normalized spacial score (nSPS) is 9.53. The van der Waals surface area contributed by atoms with E-state index in [9.17, 15) is 9.59 Å². The number of aldehydes is 1. The summed E-state index contributed by atoms with van der Waals surface area (Å²) in [6, 6.07) is 4.17. The van der Waals surface area contributed by atoms with Crippen molar-refractivity contribution in [2.24, 2.45) is 0 Å². The first-order valence-electron chi connectivity index (χ1n) is 4.27. The molecule has 0 radical (unpaired) electrons. The zero-order valence-electron chi connectivity index (χ0n) is 8.10. The number of carbonyl (C=O) groups is 2. The standard InChI is InChI=1S/C9H10BNO4/c1-6(13)11-9-3-7(5-12)2-8(4-9)10(14)15/h2-5,14-15H,1H3,(H,11,13). The number of carbonyl (C=O) groups excluding carboxylic acids is 2. The molecule has 0 heterocycles. The molecule has 3 N–H and O–H groups in total. The van der Waals surface area contributed by atoms with Gasteiger partial charge in [-0.25, -0.2) is 0 Å². The summed E-state index contributed by atoms with van der Waals surface area (Å²) in [4.78, 5) is 21.3. The first-order valence-corrected chi connectivity index (χ1v) is 4.27. The number of rotatable bonds is 3. The van der Waals surface area contributed by atoms with Gasteiger partial charge in [-0.1, -0.05) is 6.07 Å². The van der Waals surface area contributed by atoms with Gasteiger partial charge in [0.25, 0.3) is 0 Å². The fourth-order valence-corrected chi connectivity index (χ4v) is 1.17. The third-order valence-electron chi connectivity index (χ3n) is 1.73. The van der Waals surface area contributed by atoms with Gasteiger partial charge in [-0.15, -0.1) is 0 Å². The van der Waals surface area contributed by atoms with E-state index < -0.39 is 7.12 Å². The van der Waals surface area contributed by atoms with Crippen LogP contribution in [0.25, 0.3) is 0 Å². The lowest BCUT2D eigenvalue weighted by molar-refractivity contribution is -0.114. The number of benzene rings is 1. The van der Waals surface area contributed by atoms with Crippen molar-refractivity contribution in [2.75, 3.05) is 5.32 Å². The Bertz CT molecular complexity index is 392. The Morgan fingerprint density at radius 2 is 2.07 bits per heavy atom. The Hall–Kier alpha value is -1.66. The summed E-state index contributed by atoms with van der Waals surface area (Å²) in [5.41, 5.74) is 0.780. The molecular formula is C9H10BNO4. The summed E-state index contributed by atoms with van der Waals surface area (Å²) in [7, 11) is -1.67. The van der Waals surface area contributed by atoms with Gasteiger partial charge in [0.15, 0.2) is 0 Å². The van der Waals surface area contributed by atoms with Crippen LogP contribution >= 0.6 is 0 Å². The van der Waals surface area contributed by atoms with Gasteiger partial charge in [0.2, 0.25) is 5.91 Å². The molecule has 0 spiro atoms. The molecule has 0 bridgehead atoms. The first-order chi connectivity index (χ1) is 7.02. The van der Waals surface area contributed by atoms with Crippen molar-refractivity contribution in [2.45, 2.75) is 6.92 Å². The van der Waals surface area contributed by atoms with E-state index in [4.69, 9.17) is 10.0 Å². The zero-order valence-corrected chi connectivity index (χ0v) is 8.10. The summed E-state index contributed by atoms with van der Waals surface area (Å²) < 4.78 is 0. The van der Waals surface area contributed by atoms with Crippen molar-refractivity contribution in [3.05, 3.63) is 23.8 Å². The Morgan fingerprint density at radius 1 is 1.40 bits per heavy atom. The van der Waals surface area contributed by atoms with Gasteiger partial charge < -0.3 is 15.4 Å². The molecule has 0 saturated carbocycles. The van der Waals surface area contributed by atoms with Crippen molar-refractivity contribution >= 4 is 30.5 Å². The fraction of sp³-hybridized carbons (Fsp3) is 0.111. The monoisotopic (exact) mass is 207 g/mol. The molecule has 1 amide bonds. The molecule has 0 atom stereocenters. The lowest BCUT2D eigenvalue weighted by atomic mass is 9.79. The largest absolute Gasteiger partial charge is 0.488 e. The minimum Gasteiger partial charge on any atom is -0.423 e. The molecule has 6 heteroatoms. The molecule has 0 aliphatic rings. The van der Waals surface area contributed by atoms with E-state index in [2.05, 4.69) is 5.32 Å².